The van der Waals surface area contributed by atoms with Crippen LogP contribution in [0, 0.1) is 16.1 Å². The summed E-state index contributed by atoms with van der Waals surface area (Å²) >= 11 is 0. The molecule has 1 N–H and O–H groups in total. The number of sulfone groups is 1. The molecule has 0 fully saturated rings. The Kier molecular flexibility index (Phi) is 7.45. The van der Waals surface area contributed by atoms with Gasteiger partial charge in [0, 0.05) is 17.6 Å². The molecule has 0 heterocycles. The second-order valence-electron chi connectivity index (χ2n) is 8.33. The highest BCUT2D eigenvalue weighted by atomic mass is 32.2. The molecule has 6 nitrogen and oxygen atoms in total. The number of carbonyl (C=O) groups is 1. The third-order valence-electron chi connectivity index (χ3n) is 5.06. The lowest BCUT2D eigenvalue weighted by Crippen LogP contribution is -2.19. The molecule has 0 bridgehead atoms. The minimum Gasteiger partial charge on any atom is -0.298 e. The van der Waals surface area contributed by atoms with Crippen LogP contribution in [-0.4, -0.2) is 30.4 Å². The van der Waals surface area contributed by atoms with Crippen LogP contribution in [0.15, 0.2) is 46.2 Å². The van der Waals surface area contributed by atoms with Gasteiger partial charge in [-0.15, -0.1) is 0 Å². The van der Waals surface area contributed by atoms with E-state index in [0.29, 0.717) is 5.56 Å². The van der Waals surface area contributed by atoms with Crippen molar-refractivity contribution < 1.29 is 17.4 Å². The van der Waals surface area contributed by atoms with E-state index in [4.69, 9.17) is 4.78 Å². The molecular formula is C23H28N2O4S2. The Balaban J connectivity index is 2.36. The van der Waals surface area contributed by atoms with Crippen molar-refractivity contribution in [2.75, 3.05) is 12.0 Å². The fraction of sp³-hybridized carbons (Fsp3) is 0.391. The van der Waals surface area contributed by atoms with Gasteiger partial charge in [0.2, 0.25) is 0 Å². The summed E-state index contributed by atoms with van der Waals surface area (Å²) in [5.41, 5.74) is 3.19. The molecule has 2 rings (SSSR count). The number of rotatable bonds is 8. The quantitative estimate of drug-likeness (QED) is 0.626. The number of nitrogens with zero attached hydrogens (tertiary/aromatic N) is 1. The first kappa shape index (κ1) is 24.8. The van der Waals surface area contributed by atoms with E-state index in [-0.39, 0.29) is 33.8 Å². The Morgan fingerprint density at radius 1 is 0.968 bits per heavy atom. The summed E-state index contributed by atoms with van der Waals surface area (Å²) in [6, 6.07) is 11.0. The normalized spacial score (nSPS) is 13.7. The van der Waals surface area contributed by atoms with Crippen molar-refractivity contribution in [1.29, 1.82) is 10.0 Å². The lowest BCUT2D eigenvalue weighted by molar-refractivity contribution is -0.116. The molecule has 31 heavy (non-hydrogen) atoms. The SMILES string of the molecule is CC(C)c1cc(C#N)cc(C(C)C)c1CC(=O)C[S@](=N)(=O)c1ccc(S(C)(=O)=O)cc1. The van der Waals surface area contributed by atoms with Crippen molar-refractivity contribution in [2.45, 2.75) is 55.7 Å². The van der Waals surface area contributed by atoms with Gasteiger partial charge in [-0.1, -0.05) is 27.7 Å². The highest BCUT2D eigenvalue weighted by Gasteiger charge is 2.22. The number of hydrogen-bond acceptors (Lipinski definition) is 6. The highest BCUT2D eigenvalue weighted by molar-refractivity contribution is 7.93. The maximum atomic E-state index is 12.9. The monoisotopic (exact) mass is 460 g/mol. The first-order valence-electron chi connectivity index (χ1n) is 9.91. The number of ketones is 1. The zero-order valence-electron chi connectivity index (χ0n) is 18.4. The van der Waals surface area contributed by atoms with E-state index in [1.807, 2.05) is 27.7 Å². The van der Waals surface area contributed by atoms with Gasteiger partial charge < -0.3 is 0 Å². The number of nitriles is 1. The third-order valence-corrected chi connectivity index (χ3v) is 7.95. The molecule has 0 aliphatic heterocycles. The molecular weight excluding hydrogens is 432 g/mol. The molecule has 0 saturated heterocycles. The van der Waals surface area contributed by atoms with Crippen LogP contribution in [0.4, 0.5) is 0 Å². The molecule has 0 unspecified atom stereocenters. The summed E-state index contributed by atoms with van der Waals surface area (Å²) in [7, 11) is -6.82. The van der Waals surface area contributed by atoms with Crippen LogP contribution in [0.25, 0.3) is 0 Å². The minimum absolute atomic E-state index is 0.0318. The van der Waals surface area contributed by atoms with Gasteiger partial charge in [-0.3, -0.25) is 4.79 Å². The Bertz CT molecular complexity index is 1210. The third kappa shape index (κ3) is 6.02. The molecule has 1 atom stereocenters. The van der Waals surface area contributed by atoms with E-state index in [0.717, 1.165) is 22.9 Å². The van der Waals surface area contributed by atoms with Crippen LogP contribution in [0.3, 0.4) is 0 Å². The molecule has 166 valence electrons. The summed E-state index contributed by atoms with van der Waals surface area (Å²) in [4.78, 5) is 13.1. The van der Waals surface area contributed by atoms with Crippen molar-refractivity contribution in [1.82, 2.24) is 0 Å². The Labute approximate surface area is 185 Å². The largest absolute Gasteiger partial charge is 0.298 e. The van der Waals surface area contributed by atoms with E-state index in [9.17, 15) is 22.7 Å². The lowest BCUT2D eigenvalue weighted by atomic mass is 9.85. The second kappa shape index (κ2) is 9.33. The zero-order valence-corrected chi connectivity index (χ0v) is 20.1. The summed E-state index contributed by atoms with van der Waals surface area (Å²) in [6.07, 6.45) is 1.10. The van der Waals surface area contributed by atoms with Gasteiger partial charge >= 0.3 is 0 Å². The van der Waals surface area contributed by atoms with E-state index >= 15 is 0 Å². The molecule has 2 aromatic carbocycles. The predicted molar refractivity (Wildman–Crippen MR) is 122 cm³/mol. The Morgan fingerprint density at radius 2 is 1.42 bits per heavy atom. The number of hydrogen-bond donors (Lipinski definition) is 1. The van der Waals surface area contributed by atoms with Crippen molar-refractivity contribution in [3.8, 4) is 6.07 Å². The molecule has 0 radical (unpaired) electrons. The average molecular weight is 461 g/mol. The van der Waals surface area contributed by atoms with Crippen LogP contribution in [0.1, 0.15) is 61.8 Å². The molecule has 2 aromatic rings. The average Bonchev–Trinajstić information content (AvgIpc) is 2.66. The van der Waals surface area contributed by atoms with E-state index in [1.54, 1.807) is 12.1 Å². The highest BCUT2D eigenvalue weighted by Crippen LogP contribution is 2.30. The predicted octanol–water partition coefficient (Wildman–Crippen LogP) is 4.43. The molecule has 0 aliphatic rings. The topological polar surface area (TPSA) is 116 Å². The second-order valence-corrected chi connectivity index (χ2v) is 12.5. The summed E-state index contributed by atoms with van der Waals surface area (Å²) in [5.74, 6) is -0.601. The number of nitrogens with one attached hydrogen (secondary N) is 1. The van der Waals surface area contributed by atoms with Gasteiger partial charge in [-0.2, -0.15) is 5.26 Å². The van der Waals surface area contributed by atoms with Crippen molar-refractivity contribution in [2.24, 2.45) is 0 Å². The fourth-order valence-corrected chi connectivity index (χ4v) is 5.41. The summed E-state index contributed by atoms with van der Waals surface area (Å²) in [5, 5.41) is 9.35. The smallest absolute Gasteiger partial charge is 0.175 e. The van der Waals surface area contributed by atoms with Gasteiger partial charge in [-0.05, 0) is 64.9 Å². The maximum Gasteiger partial charge on any atom is 0.175 e. The van der Waals surface area contributed by atoms with Crippen molar-refractivity contribution in [3.05, 3.63) is 58.7 Å². The van der Waals surface area contributed by atoms with Gasteiger partial charge in [0.05, 0.1) is 32.0 Å². The van der Waals surface area contributed by atoms with Gasteiger partial charge in [0.15, 0.2) is 15.6 Å². The van der Waals surface area contributed by atoms with Crippen LogP contribution in [0.2, 0.25) is 0 Å². The number of benzene rings is 2. The van der Waals surface area contributed by atoms with Crippen LogP contribution >= 0.6 is 0 Å². The first-order chi connectivity index (χ1) is 14.3. The maximum absolute atomic E-state index is 12.9. The molecule has 0 aliphatic carbocycles. The van der Waals surface area contributed by atoms with Crippen molar-refractivity contribution in [3.63, 3.8) is 0 Å². The van der Waals surface area contributed by atoms with Crippen LogP contribution in [0.5, 0.6) is 0 Å². The van der Waals surface area contributed by atoms with Crippen LogP contribution in [-0.2, 0) is 30.8 Å². The molecule has 0 aromatic heterocycles. The number of Topliss-reactive ketones (excluding diaryl/α,β-unsaturated/α-hetero) is 1. The summed E-state index contributed by atoms with van der Waals surface area (Å²) in [6.45, 7) is 7.97. The van der Waals surface area contributed by atoms with Crippen LogP contribution < -0.4 is 0 Å². The molecule has 0 spiro atoms. The molecule has 0 amide bonds. The minimum atomic E-state index is -3.42. The lowest BCUT2D eigenvalue weighted by Gasteiger charge is -2.20. The van der Waals surface area contributed by atoms with E-state index in [2.05, 4.69) is 6.07 Å². The fourth-order valence-electron chi connectivity index (χ4n) is 3.48. The van der Waals surface area contributed by atoms with Gasteiger partial charge in [0.1, 0.15) is 0 Å². The molecule has 0 saturated carbocycles. The zero-order chi connectivity index (χ0) is 23.6. The Morgan fingerprint density at radius 3 is 1.81 bits per heavy atom. The molecule has 8 heteroatoms. The van der Waals surface area contributed by atoms with E-state index < -0.39 is 25.3 Å². The first-order valence-corrected chi connectivity index (χ1v) is 13.5. The standard InChI is InChI=1S/C23H28N2O4S2/c1-15(2)21-10-17(13-24)11-22(16(3)4)23(21)12-18(26)14-31(25,29)20-8-6-19(7-9-20)30(5,27)28/h6-11,15-16,25H,12,14H2,1-5H3/t31-/m0/s1. The van der Waals surface area contributed by atoms with Crippen molar-refractivity contribution >= 4 is 25.3 Å². The van der Waals surface area contributed by atoms with E-state index in [1.165, 1.54) is 24.3 Å². The number of carbonyl (C=O) groups excluding carboxylic acids is 1. The van der Waals surface area contributed by atoms with Gasteiger partial charge in [0.25, 0.3) is 0 Å². The Hall–Kier alpha value is -2.50. The van der Waals surface area contributed by atoms with Gasteiger partial charge in [-0.25, -0.2) is 17.4 Å². The summed E-state index contributed by atoms with van der Waals surface area (Å²) < 4.78 is 44.4.